The van der Waals surface area contributed by atoms with Crippen molar-refractivity contribution in [3.8, 4) is 0 Å². The molecule has 1 rings (SSSR count). The van der Waals surface area contributed by atoms with Gasteiger partial charge in [-0.05, 0) is 16.0 Å². The van der Waals surface area contributed by atoms with Crippen LogP contribution < -0.4 is 4.90 Å². The summed E-state index contributed by atoms with van der Waals surface area (Å²) in [6.45, 7) is 3.62. The van der Waals surface area contributed by atoms with Crippen molar-refractivity contribution in [2.24, 2.45) is 0 Å². The fourth-order valence-corrected chi connectivity index (χ4v) is 1.25. The molecule has 0 aliphatic rings. The smallest absolute Gasteiger partial charge is 0.363 e. The van der Waals surface area contributed by atoms with Crippen molar-refractivity contribution in [2.75, 3.05) is 18.0 Å². The van der Waals surface area contributed by atoms with E-state index >= 15 is 0 Å². The van der Waals surface area contributed by atoms with Gasteiger partial charge in [0.05, 0.1) is 5.69 Å². The second-order valence-electron chi connectivity index (χ2n) is 3.19. The Morgan fingerprint density at radius 2 is 2.35 bits per heavy atom. The first-order chi connectivity index (χ1) is 8.04. The van der Waals surface area contributed by atoms with Crippen LogP contribution in [0.15, 0.2) is 31.0 Å². The van der Waals surface area contributed by atoms with Crippen LogP contribution in [0.5, 0.6) is 0 Å². The highest BCUT2D eigenvalue weighted by Crippen LogP contribution is 2.15. The van der Waals surface area contributed by atoms with Crippen molar-refractivity contribution >= 4 is 17.5 Å². The molecule has 17 heavy (non-hydrogen) atoms. The monoisotopic (exact) mass is 237 g/mol. The zero-order valence-corrected chi connectivity index (χ0v) is 8.94. The van der Waals surface area contributed by atoms with E-state index in [-0.39, 0.29) is 12.4 Å². The molecule has 0 unspecified atom stereocenters. The summed E-state index contributed by atoms with van der Waals surface area (Å²) >= 11 is 0. The molecule has 0 radical (unpaired) electrons. The van der Waals surface area contributed by atoms with Crippen LogP contribution in [0, 0.1) is 10.1 Å². The maximum absolute atomic E-state index is 10.6. The van der Waals surface area contributed by atoms with E-state index in [2.05, 4.69) is 11.6 Å². The van der Waals surface area contributed by atoms with Gasteiger partial charge in [-0.15, -0.1) is 6.58 Å². The average molecular weight is 237 g/mol. The fourth-order valence-electron chi connectivity index (χ4n) is 1.25. The van der Waals surface area contributed by atoms with Crippen LogP contribution in [0.4, 0.5) is 11.5 Å². The van der Waals surface area contributed by atoms with Crippen LogP contribution in [-0.4, -0.2) is 34.1 Å². The largest absolute Gasteiger partial charge is 0.480 e. The number of anilines is 1. The number of carbonyl (C=O) groups is 1. The van der Waals surface area contributed by atoms with Crippen LogP contribution in [0.1, 0.15) is 0 Å². The number of carboxylic acid groups (broad SMARTS) is 1. The summed E-state index contributed by atoms with van der Waals surface area (Å²) in [7, 11) is 0. The number of nitro groups is 1. The number of aliphatic carboxylic acids is 1. The van der Waals surface area contributed by atoms with E-state index < -0.39 is 10.9 Å². The molecule has 7 heteroatoms. The highest BCUT2D eigenvalue weighted by molar-refractivity contribution is 5.73. The topological polar surface area (TPSA) is 96.6 Å². The first-order valence-electron chi connectivity index (χ1n) is 4.72. The molecule has 0 saturated heterocycles. The van der Waals surface area contributed by atoms with Gasteiger partial charge >= 0.3 is 11.8 Å². The van der Waals surface area contributed by atoms with E-state index in [0.717, 1.165) is 0 Å². The van der Waals surface area contributed by atoms with Gasteiger partial charge in [-0.1, -0.05) is 6.08 Å². The Hall–Kier alpha value is -2.44. The Morgan fingerprint density at radius 1 is 1.65 bits per heavy atom. The van der Waals surface area contributed by atoms with Crippen LogP contribution >= 0.6 is 0 Å². The zero-order chi connectivity index (χ0) is 12.8. The minimum Gasteiger partial charge on any atom is -0.480 e. The Bertz CT molecular complexity index is 430. The molecule has 0 amide bonds. The van der Waals surface area contributed by atoms with E-state index in [1.54, 1.807) is 6.08 Å². The Morgan fingerprint density at radius 3 is 2.76 bits per heavy atom. The first kappa shape index (κ1) is 12.6. The summed E-state index contributed by atoms with van der Waals surface area (Å²) in [5.41, 5.74) is 0.498. The number of hydrogen-bond donors (Lipinski definition) is 1. The standard InChI is InChI=1S/C10H11N3O4/c1-2-5-12(7-10(14)15)8-3-4-9(11-6-8)13(16)17/h2-4,6H,1,5,7H2,(H,14,15). The second-order valence-corrected chi connectivity index (χ2v) is 3.19. The summed E-state index contributed by atoms with van der Waals surface area (Å²) < 4.78 is 0. The number of rotatable bonds is 6. The van der Waals surface area contributed by atoms with Crippen LogP contribution in [0.2, 0.25) is 0 Å². The lowest BCUT2D eigenvalue weighted by molar-refractivity contribution is -0.389. The summed E-state index contributed by atoms with van der Waals surface area (Å²) in [6, 6.07) is 2.69. The lowest BCUT2D eigenvalue weighted by atomic mass is 10.3. The Kier molecular flexibility index (Phi) is 4.15. The summed E-state index contributed by atoms with van der Waals surface area (Å²) in [5, 5.41) is 19.1. The SMILES string of the molecule is C=CCN(CC(=O)O)c1ccc([N+](=O)[O-])nc1. The van der Waals surface area contributed by atoms with Crippen molar-refractivity contribution in [2.45, 2.75) is 0 Å². The molecule has 0 bridgehead atoms. The van der Waals surface area contributed by atoms with Crippen molar-refractivity contribution in [3.05, 3.63) is 41.1 Å². The van der Waals surface area contributed by atoms with Crippen molar-refractivity contribution in [1.82, 2.24) is 4.98 Å². The molecule has 7 nitrogen and oxygen atoms in total. The third-order valence-electron chi connectivity index (χ3n) is 1.96. The first-order valence-corrected chi connectivity index (χ1v) is 4.72. The molecule has 0 saturated carbocycles. The molecule has 1 aromatic heterocycles. The lowest BCUT2D eigenvalue weighted by Gasteiger charge is -2.19. The molecule has 1 N–H and O–H groups in total. The van der Waals surface area contributed by atoms with Crippen LogP contribution in [-0.2, 0) is 4.79 Å². The molecular formula is C10H11N3O4. The second kappa shape index (κ2) is 5.59. The Labute approximate surface area is 97.2 Å². The van der Waals surface area contributed by atoms with E-state index in [1.807, 2.05) is 0 Å². The van der Waals surface area contributed by atoms with Gasteiger partial charge in [-0.2, -0.15) is 0 Å². The van der Waals surface area contributed by atoms with Crippen molar-refractivity contribution < 1.29 is 14.8 Å². The third-order valence-corrected chi connectivity index (χ3v) is 1.96. The Balaban J connectivity index is 2.90. The van der Waals surface area contributed by atoms with Gasteiger partial charge in [0.2, 0.25) is 0 Å². The molecule has 0 aliphatic heterocycles. The van der Waals surface area contributed by atoms with Crippen molar-refractivity contribution in [3.63, 3.8) is 0 Å². The van der Waals surface area contributed by atoms with Gasteiger partial charge < -0.3 is 20.1 Å². The highest BCUT2D eigenvalue weighted by Gasteiger charge is 2.13. The normalized spacial score (nSPS) is 9.65. The summed E-state index contributed by atoms with van der Waals surface area (Å²) in [4.78, 5) is 25.5. The van der Waals surface area contributed by atoms with Crippen LogP contribution in [0.25, 0.3) is 0 Å². The fraction of sp³-hybridized carbons (Fsp3) is 0.200. The quantitative estimate of drug-likeness (QED) is 0.451. The number of carboxylic acids is 1. The minimum absolute atomic E-state index is 0.217. The van der Waals surface area contributed by atoms with Gasteiger partial charge in [-0.25, -0.2) is 0 Å². The number of aromatic nitrogens is 1. The van der Waals surface area contributed by atoms with E-state index in [0.29, 0.717) is 12.2 Å². The zero-order valence-electron chi connectivity index (χ0n) is 8.94. The van der Waals surface area contributed by atoms with Gasteiger partial charge in [0.1, 0.15) is 6.54 Å². The predicted octanol–water partition coefficient (Wildman–Crippen LogP) is 1.07. The molecule has 1 heterocycles. The van der Waals surface area contributed by atoms with Crippen molar-refractivity contribution in [1.29, 1.82) is 0 Å². The molecule has 1 aromatic rings. The van der Waals surface area contributed by atoms with Gasteiger partial charge in [0.15, 0.2) is 6.20 Å². The molecule has 0 aliphatic carbocycles. The minimum atomic E-state index is -0.995. The van der Waals surface area contributed by atoms with E-state index in [4.69, 9.17) is 5.11 Å². The molecule has 0 aromatic carbocycles. The van der Waals surface area contributed by atoms with E-state index in [1.165, 1.54) is 23.2 Å². The maximum atomic E-state index is 10.6. The third kappa shape index (κ3) is 3.56. The lowest BCUT2D eigenvalue weighted by Crippen LogP contribution is -2.29. The summed E-state index contributed by atoms with van der Waals surface area (Å²) in [5.74, 6) is -1.27. The maximum Gasteiger partial charge on any atom is 0.363 e. The molecule has 90 valence electrons. The summed E-state index contributed by atoms with van der Waals surface area (Å²) in [6.07, 6.45) is 2.81. The van der Waals surface area contributed by atoms with Crippen LogP contribution in [0.3, 0.4) is 0 Å². The molecule has 0 atom stereocenters. The van der Waals surface area contributed by atoms with E-state index in [9.17, 15) is 14.9 Å². The highest BCUT2D eigenvalue weighted by atomic mass is 16.6. The molecule has 0 fully saturated rings. The van der Waals surface area contributed by atoms with Gasteiger partial charge in [-0.3, -0.25) is 4.79 Å². The van der Waals surface area contributed by atoms with Gasteiger partial charge in [0.25, 0.3) is 0 Å². The van der Waals surface area contributed by atoms with Gasteiger partial charge in [0, 0.05) is 12.6 Å². The number of nitrogens with zero attached hydrogens (tertiary/aromatic N) is 3. The average Bonchev–Trinajstić information content (AvgIpc) is 2.28. The number of hydrogen-bond acceptors (Lipinski definition) is 5. The number of pyridine rings is 1. The molecule has 0 spiro atoms. The molecular weight excluding hydrogens is 226 g/mol. The predicted molar refractivity (Wildman–Crippen MR) is 60.9 cm³/mol.